The van der Waals surface area contributed by atoms with Crippen LogP contribution in [-0.2, 0) is 4.79 Å². The Morgan fingerprint density at radius 2 is 1.65 bits per heavy atom. The molecule has 8 heteroatoms. The molecule has 0 radical (unpaired) electrons. The molecule has 4 rings (SSSR count). The van der Waals surface area contributed by atoms with Crippen molar-refractivity contribution in [3.63, 3.8) is 0 Å². The molecule has 0 aliphatic rings. The first-order valence-corrected chi connectivity index (χ1v) is 11.8. The number of halogens is 3. The summed E-state index contributed by atoms with van der Waals surface area (Å²) in [5, 5.41) is 12.4. The Hall–Kier alpha value is -4.17. The van der Waals surface area contributed by atoms with Gasteiger partial charge < -0.3 is 10.4 Å². The van der Waals surface area contributed by atoms with Gasteiger partial charge in [-0.2, -0.15) is 0 Å². The van der Waals surface area contributed by atoms with Crippen LogP contribution in [0.2, 0.25) is 0 Å². The third kappa shape index (κ3) is 6.16. The predicted octanol–water partition coefficient (Wildman–Crippen LogP) is 7.04. The summed E-state index contributed by atoms with van der Waals surface area (Å²) in [7, 11) is 0. The fourth-order valence-corrected chi connectivity index (χ4v) is 4.39. The van der Waals surface area contributed by atoms with Crippen LogP contribution in [0.15, 0.2) is 78.4 Å². The summed E-state index contributed by atoms with van der Waals surface area (Å²) in [6.45, 7) is 9.29. The number of aliphatic carboxylic acids is 1. The van der Waals surface area contributed by atoms with Gasteiger partial charge >= 0.3 is 5.97 Å². The van der Waals surface area contributed by atoms with Crippen molar-refractivity contribution in [3.8, 4) is 11.3 Å². The average Bonchev–Trinajstić information content (AvgIpc) is 2.88. The highest BCUT2D eigenvalue weighted by molar-refractivity contribution is 9.10. The molecule has 4 aromatic rings. The standard InChI is InChI=1S/C20H16BrN.C9H7F2NO3/c1-4-15-13(3)10-11-18(16(15)5-2)20-19(21)17-9-7-6-8-14(17)12-22-20;10-5-2-1-3-6(11)8(5)9(15)12-4-7(13)14/h4-12H,1-2H2,3H3;1-3H,4H2,(H,12,15)(H,13,14). The van der Waals surface area contributed by atoms with Crippen LogP contribution in [0, 0.1) is 18.6 Å². The van der Waals surface area contributed by atoms with Crippen LogP contribution >= 0.6 is 15.9 Å². The predicted molar refractivity (Wildman–Crippen MR) is 146 cm³/mol. The molecule has 37 heavy (non-hydrogen) atoms. The Kier molecular flexibility index (Phi) is 9.03. The zero-order valence-electron chi connectivity index (χ0n) is 19.9. The molecular formula is C29H23BrF2N2O3. The SMILES string of the molecule is C=Cc1c(C)ccc(-c2ncc3ccccc3c2Br)c1C=C.O=C(O)CNC(=O)c1c(F)cccc1F. The van der Waals surface area contributed by atoms with Crippen LogP contribution in [-0.4, -0.2) is 28.5 Å². The van der Waals surface area contributed by atoms with Crippen molar-refractivity contribution in [2.45, 2.75) is 6.92 Å². The lowest BCUT2D eigenvalue weighted by atomic mass is 9.94. The molecule has 0 saturated heterocycles. The fourth-order valence-electron chi connectivity index (χ4n) is 3.72. The quantitative estimate of drug-likeness (QED) is 0.263. The van der Waals surface area contributed by atoms with Gasteiger partial charge in [-0.25, -0.2) is 8.78 Å². The van der Waals surface area contributed by atoms with Crippen molar-refractivity contribution in [3.05, 3.63) is 112 Å². The Balaban J connectivity index is 0.000000222. The zero-order valence-corrected chi connectivity index (χ0v) is 21.5. The maximum Gasteiger partial charge on any atom is 0.322 e. The molecule has 0 spiro atoms. The van der Waals surface area contributed by atoms with Gasteiger partial charge in [0.15, 0.2) is 0 Å². The second-order valence-corrected chi connectivity index (χ2v) is 8.64. The number of carbonyl (C=O) groups excluding carboxylic acids is 1. The molecule has 1 heterocycles. The molecule has 1 amide bonds. The summed E-state index contributed by atoms with van der Waals surface area (Å²) in [5.74, 6) is -4.44. The first kappa shape index (κ1) is 27.4. The van der Waals surface area contributed by atoms with Crippen molar-refractivity contribution in [1.82, 2.24) is 10.3 Å². The molecule has 2 N–H and O–H groups in total. The number of aryl methyl sites for hydroxylation is 1. The normalized spacial score (nSPS) is 10.3. The van der Waals surface area contributed by atoms with Gasteiger partial charge in [-0.1, -0.05) is 67.8 Å². The van der Waals surface area contributed by atoms with Crippen molar-refractivity contribution in [1.29, 1.82) is 0 Å². The van der Waals surface area contributed by atoms with Gasteiger partial charge in [0.2, 0.25) is 0 Å². The lowest BCUT2D eigenvalue weighted by molar-refractivity contribution is -0.135. The van der Waals surface area contributed by atoms with Crippen LogP contribution in [0.25, 0.3) is 34.2 Å². The smallest absolute Gasteiger partial charge is 0.322 e. The van der Waals surface area contributed by atoms with E-state index in [4.69, 9.17) is 5.11 Å². The van der Waals surface area contributed by atoms with Gasteiger partial charge in [0.1, 0.15) is 23.7 Å². The molecule has 0 aliphatic carbocycles. The third-order valence-electron chi connectivity index (χ3n) is 5.50. The highest BCUT2D eigenvalue weighted by atomic mass is 79.9. The van der Waals surface area contributed by atoms with Crippen molar-refractivity contribution in [2.24, 2.45) is 0 Å². The number of hydrogen-bond donors (Lipinski definition) is 2. The van der Waals surface area contributed by atoms with Crippen molar-refractivity contribution in [2.75, 3.05) is 6.54 Å². The molecule has 188 valence electrons. The maximum absolute atomic E-state index is 13.0. The molecule has 1 aromatic heterocycles. The topological polar surface area (TPSA) is 79.3 Å². The largest absolute Gasteiger partial charge is 0.480 e. The minimum Gasteiger partial charge on any atom is -0.480 e. The van der Waals surface area contributed by atoms with E-state index in [1.807, 2.05) is 35.8 Å². The Bertz CT molecular complexity index is 1500. The summed E-state index contributed by atoms with van der Waals surface area (Å²) in [6.07, 6.45) is 5.67. The monoisotopic (exact) mass is 564 g/mol. The number of nitrogens with one attached hydrogen (secondary N) is 1. The average molecular weight is 565 g/mol. The second kappa shape index (κ2) is 12.2. The number of carbonyl (C=O) groups is 2. The maximum atomic E-state index is 13.0. The van der Waals surface area contributed by atoms with E-state index < -0.39 is 35.6 Å². The summed E-state index contributed by atoms with van der Waals surface area (Å²) >= 11 is 3.72. The van der Waals surface area contributed by atoms with Gasteiger partial charge in [0, 0.05) is 17.1 Å². The Morgan fingerprint density at radius 3 is 2.27 bits per heavy atom. The van der Waals surface area contributed by atoms with E-state index in [9.17, 15) is 18.4 Å². The number of aromatic nitrogens is 1. The lowest BCUT2D eigenvalue weighted by Gasteiger charge is -2.14. The van der Waals surface area contributed by atoms with Crippen LogP contribution in [0.3, 0.4) is 0 Å². The minimum atomic E-state index is -1.29. The van der Waals surface area contributed by atoms with Crippen LogP contribution in [0.1, 0.15) is 27.0 Å². The Labute approximate surface area is 221 Å². The van der Waals surface area contributed by atoms with Crippen LogP contribution in [0.4, 0.5) is 8.78 Å². The number of carboxylic acids is 1. The minimum absolute atomic E-state index is 0.688. The number of pyridine rings is 1. The molecule has 0 unspecified atom stereocenters. The number of amides is 1. The molecular weight excluding hydrogens is 542 g/mol. The van der Waals surface area contributed by atoms with Crippen molar-refractivity contribution < 1.29 is 23.5 Å². The van der Waals surface area contributed by atoms with Gasteiger partial charge in [0.05, 0.1) is 10.2 Å². The van der Waals surface area contributed by atoms with Gasteiger partial charge in [0.25, 0.3) is 5.91 Å². The molecule has 0 fully saturated rings. The molecule has 5 nitrogen and oxygen atoms in total. The Morgan fingerprint density at radius 1 is 1.00 bits per heavy atom. The van der Waals surface area contributed by atoms with E-state index in [0.29, 0.717) is 0 Å². The first-order valence-electron chi connectivity index (χ1n) is 11.1. The summed E-state index contributed by atoms with van der Waals surface area (Å²) in [5.41, 5.74) is 4.57. The first-order chi connectivity index (χ1) is 17.7. The van der Waals surface area contributed by atoms with Crippen LogP contribution < -0.4 is 5.32 Å². The van der Waals surface area contributed by atoms with Gasteiger partial charge in [-0.05, 0) is 57.1 Å². The molecule has 0 saturated carbocycles. The van der Waals surface area contributed by atoms with Gasteiger partial charge in [-0.15, -0.1) is 0 Å². The van der Waals surface area contributed by atoms with Crippen LogP contribution in [0.5, 0.6) is 0 Å². The summed E-state index contributed by atoms with van der Waals surface area (Å²) in [6, 6.07) is 15.4. The summed E-state index contributed by atoms with van der Waals surface area (Å²) in [4.78, 5) is 25.9. The summed E-state index contributed by atoms with van der Waals surface area (Å²) < 4.78 is 27.0. The van der Waals surface area contributed by atoms with E-state index in [1.165, 1.54) is 5.56 Å². The number of hydrogen-bond acceptors (Lipinski definition) is 3. The number of carboxylic acid groups (broad SMARTS) is 1. The fraction of sp³-hybridized carbons (Fsp3) is 0.0690. The van der Waals surface area contributed by atoms with E-state index in [-0.39, 0.29) is 0 Å². The number of benzene rings is 3. The van der Waals surface area contributed by atoms with Gasteiger partial charge in [-0.3, -0.25) is 14.6 Å². The number of fused-ring (bicyclic) bond motifs is 1. The lowest BCUT2D eigenvalue weighted by Crippen LogP contribution is -2.30. The number of nitrogens with zero attached hydrogens (tertiary/aromatic N) is 1. The molecule has 3 aromatic carbocycles. The number of rotatable bonds is 6. The second-order valence-electron chi connectivity index (χ2n) is 7.85. The highest BCUT2D eigenvalue weighted by Gasteiger charge is 2.17. The molecule has 0 bridgehead atoms. The van der Waals surface area contributed by atoms with E-state index >= 15 is 0 Å². The van der Waals surface area contributed by atoms with E-state index in [1.54, 1.807) is 0 Å². The highest BCUT2D eigenvalue weighted by Crippen LogP contribution is 2.36. The zero-order chi connectivity index (χ0) is 27.1. The van der Waals surface area contributed by atoms with E-state index in [2.05, 4.69) is 65.3 Å². The van der Waals surface area contributed by atoms with Crippen molar-refractivity contribution >= 4 is 50.7 Å². The third-order valence-corrected chi connectivity index (χ3v) is 6.30. The molecule has 0 aliphatic heterocycles. The molecule has 0 atom stereocenters. The van der Waals surface area contributed by atoms with E-state index in [0.717, 1.165) is 55.8 Å².